The average molecular weight is 282 g/mol. The van der Waals surface area contributed by atoms with Gasteiger partial charge in [-0.3, -0.25) is 14.3 Å². The summed E-state index contributed by atoms with van der Waals surface area (Å²) in [6.45, 7) is 0.0582. The van der Waals surface area contributed by atoms with Gasteiger partial charge in [0.15, 0.2) is 11.6 Å². The van der Waals surface area contributed by atoms with Crippen LogP contribution in [0, 0.1) is 11.6 Å². The van der Waals surface area contributed by atoms with E-state index in [0.717, 1.165) is 16.7 Å². The van der Waals surface area contributed by atoms with Crippen molar-refractivity contribution in [2.24, 2.45) is 7.05 Å². The normalized spacial score (nSPS) is 10.6. The first-order valence-electron chi connectivity index (χ1n) is 5.66. The third kappa shape index (κ3) is 2.53. The third-order valence-corrected chi connectivity index (χ3v) is 2.82. The van der Waals surface area contributed by atoms with Crippen LogP contribution >= 0.6 is 0 Å². The molecule has 20 heavy (non-hydrogen) atoms. The summed E-state index contributed by atoms with van der Waals surface area (Å²) >= 11 is 0. The standard InChI is InChI=1S/C12H12F2N4O2/c1-18-10(15)9(11(19)17-12(18)20)16-5-6-2-3-7(13)8(14)4-6/h2-4,16H,5,15H2,1H3,(H,17,19,20). The quantitative estimate of drug-likeness (QED) is 0.766. The first-order valence-corrected chi connectivity index (χ1v) is 5.66. The molecule has 0 atom stereocenters. The number of halogens is 2. The lowest BCUT2D eigenvalue weighted by Gasteiger charge is -2.10. The van der Waals surface area contributed by atoms with Crippen LogP contribution in [0.25, 0.3) is 0 Å². The van der Waals surface area contributed by atoms with Gasteiger partial charge >= 0.3 is 5.69 Å². The minimum Gasteiger partial charge on any atom is -0.383 e. The van der Waals surface area contributed by atoms with Gasteiger partial charge in [0.05, 0.1) is 0 Å². The molecule has 0 unspecified atom stereocenters. The van der Waals surface area contributed by atoms with E-state index in [1.807, 2.05) is 0 Å². The minimum atomic E-state index is -0.980. The van der Waals surface area contributed by atoms with Crippen LogP contribution in [0.1, 0.15) is 5.56 Å². The second-order valence-electron chi connectivity index (χ2n) is 4.18. The highest BCUT2D eigenvalue weighted by Crippen LogP contribution is 2.13. The third-order valence-electron chi connectivity index (χ3n) is 2.82. The fourth-order valence-electron chi connectivity index (χ4n) is 1.65. The molecule has 2 aromatic rings. The number of aromatic amines is 1. The van der Waals surface area contributed by atoms with E-state index in [4.69, 9.17) is 5.73 Å². The SMILES string of the molecule is Cn1c(N)c(NCc2ccc(F)c(F)c2)c(=O)[nH]c1=O. The zero-order valence-corrected chi connectivity index (χ0v) is 10.5. The highest BCUT2D eigenvalue weighted by atomic mass is 19.2. The zero-order valence-electron chi connectivity index (χ0n) is 10.5. The average Bonchev–Trinajstić information content (AvgIpc) is 2.40. The Kier molecular flexibility index (Phi) is 3.55. The van der Waals surface area contributed by atoms with Crippen molar-refractivity contribution in [2.75, 3.05) is 11.1 Å². The van der Waals surface area contributed by atoms with Crippen molar-refractivity contribution in [2.45, 2.75) is 6.54 Å². The molecule has 0 aliphatic heterocycles. The Morgan fingerprint density at radius 2 is 2.00 bits per heavy atom. The molecular formula is C12H12F2N4O2. The maximum absolute atomic E-state index is 13.0. The molecule has 2 rings (SSSR count). The molecule has 0 amide bonds. The Hall–Kier alpha value is -2.64. The Labute approximate surface area is 111 Å². The number of nitrogens with one attached hydrogen (secondary N) is 2. The summed E-state index contributed by atoms with van der Waals surface area (Å²) in [4.78, 5) is 25.0. The lowest BCUT2D eigenvalue weighted by molar-refractivity contribution is 0.507. The number of benzene rings is 1. The predicted molar refractivity (Wildman–Crippen MR) is 70.4 cm³/mol. The second kappa shape index (κ2) is 5.16. The molecule has 1 aromatic carbocycles. The molecule has 0 aliphatic rings. The molecular weight excluding hydrogens is 270 g/mol. The number of nitrogens with zero attached hydrogens (tertiary/aromatic N) is 1. The van der Waals surface area contributed by atoms with Gasteiger partial charge in [0.25, 0.3) is 5.56 Å². The Morgan fingerprint density at radius 1 is 1.30 bits per heavy atom. The van der Waals surface area contributed by atoms with Gasteiger partial charge in [0, 0.05) is 13.6 Å². The van der Waals surface area contributed by atoms with Gasteiger partial charge in [-0.15, -0.1) is 0 Å². The van der Waals surface area contributed by atoms with Crippen molar-refractivity contribution in [3.05, 3.63) is 56.2 Å². The Balaban J connectivity index is 2.27. The first kappa shape index (κ1) is 13.8. The van der Waals surface area contributed by atoms with E-state index in [2.05, 4.69) is 10.3 Å². The maximum Gasteiger partial charge on any atom is 0.329 e. The lowest BCUT2D eigenvalue weighted by atomic mass is 10.2. The maximum atomic E-state index is 13.0. The lowest BCUT2D eigenvalue weighted by Crippen LogP contribution is -2.32. The Bertz CT molecular complexity index is 767. The monoisotopic (exact) mass is 282 g/mol. The molecule has 0 saturated carbocycles. The van der Waals surface area contributed by atoms with Crippen LogP contribution in [0.4, 0.5) is 20.3 Å². The smallest absolute Gasteiger partial charge is 0.329 e. The van der Waals surface area contributed by atoms with Gasteiger partial charge in [0.1, 0.15) is 11.5 Å². The van der Waals surface area contributed by atoms with Crippen molar-refractivity contribution in [1.29, 1.82) is 0 Å². The number of H-pyrrole nitrogens is 1. The molecule has 0 aliphatic carbocycles. The van der Waals surface area contributed by atoms with Crippen molar-refractivity contribution in [1.82, 2.24) is 9.55 Å². The molecule has 8 heteroatoms. The van der Waals surface area contributed by atoms with Gasteiger partial charge in [-0.25, -0.2) is 13.6 Å². The summed E-state index contributed by atoms with van der Waals surface area (Å²) in [6.07, 6.45) is 0. The number of rotatable bonds is 3. The first-order chi connectivity index (χ1) is 9.40. The summed E-state index contributed by atoms with van der Waals surface area (Å²) in [5.74, 6) is -1.97. The molecule has 106 valence electrons. The second-order valence-corrected chi connectivity index (χ2v) is 4.18. The van der Waals surface area contributed by atoms with Crippen LogP contribution < -0.4 is 22.3 Å². The Morgan fingerprint density at radius 3 is 2.65 bits per heavy atom. The van der Waals surface area contributed by atoms with Gasteiger partial charge in [-0.1, -0.05) is 6.07 Å². The molecule has 0 bridgehead atoms. The van der Waals surface area contributed by atoms with E-state index in [0.29, 0.717) is 5.56 Å². The van der Waals surface area contributed by atoms with Crippen LogP contribution in [0.3, 0.4) is 0 Å². The van der Waals surface area contributed by atoms with Gasteiger partial charge in [-0.05, 0) is 17.7 Å². The summed E-state index contributed by atoms with van der Waals surface area (Å²) in [6, 6.07) is 3.37. The molecule has 1 heterocycles. The molecule has 6 nitrogen and oxygen atoms in total. The van der Waals surface area contributed by atoms with Crippen molar-refractivity contribution < 1.29 is 8.78 Å². The van der Waals surface area contributed by atoms with Crippen molar-refractivity contribution in [3.8, 4) is 0 Å². The van der Waals surface area contributed by atoms with Gasteiger partial charge < -0.3 is 11.1 Å². The summed E-state index contributed by atoms with van der Waals surface area (Å²) in [7, 11) is 1.40. The van der Waals surface area contributed by atoms with Crippen LogP contribution in [-0.2, 0) is 13.6 Å². The van der Waals surface area contributed by atoms with Crippen LogP contribution in [0.2, 0.25) is 0 Å². The van der Waals surface area contributed by atoms with Crippen LogP contribution in [0.5, 0.6) is 0 Å². The molecule has 0 fully saturated rings. The number of aromatic nitrogens is 2. The number of hydrogen-bond acceptors (Lipinski definition) is 4. The highest BCUT2D eigenvalue weighted by Gasteiger charge is 2.10. The molecule has 0 spiro atoms. The number of nitrogen functional groups attached to an aromatic ring is 1. The summed E-state index contributed by atoms with van der Waals surface area (Å²) in [5.41, 5.74) is 4.77. The van der Waals surface area contributed by atoms with Crippen molar-refractivity contribution >= 4 is 11.5 Å². The van der Waals surface area contributed by atoms with E-state index < -0.39 is 22.9 Å². The fourth-order valence-corrected chi connectivity index (χ4v) is 1.65. The highest BCUT2D eigenvalue weighted by molar-refractivity contribution is 5.60. The molecule has 0 radical (unpaired) electrons. The largest absolute Gasteiger partial charge is 0.383 e. The van der Waals surface area contributed by atoms with Gasteiger partial charge in [-0.2, -0.15) is 0 Å². The van der Waals surface area contributed by atoms with E-state index in [9.17, 15) is 18.4 Å². The summed E-state index contributed by atoms with van der Waals surface area (Å²) < 4.78 is 26.9. The molecule has 0 saturated heterocycles. The van der Waals surface area contributed by atoms with E-state index in [-0.39, 0.29) is 18.1 Å². The number of hydrogen-bond donors (Lipinski definition) is 3. The molecule has 4 N–H and O–H groups in total. The van der Waals surface area contributed by atoms with Crippen molar-refractivity contribution in [3.63, 3.8) is 0 Å². The van der Waals surface area contributed by atoms with Crippen LogP contribution in [-0.4, -0.2) is 9.55 Å². The summed E-state index contributed by atoms with van der Waals surface area (Å²) in [5, 5.41) is 2.69. The predicted octanol–water partition coefficient (Wildman–Crippen LogP) is 0.546. The topological polar surface area (TPSA) is 92.9 Å². The van der Waals surface area contributed by atoms with E-state index in [1.54, 1.807) is 0 Å². The number of anilines is 2. The van der Waals surface area contributed by atoms with E-state index in [1.165, 1.54) is 13.1 Å². The molecule has 1 aromatic heterocycles. The van der Waals surface area contributed by atoms with Crippen LogP contribution in [0.15, 0.2) is 27.8 Å². The van der Waals surface area contributed by atoms with Gasteiger partial charge in [0.2, 0.25) is 0 Å². The minimum absolute atomic E-state index is 0.00293. The number of nitrogens with two attached hydrogens (primary N) is 1. The van der Waals surface area contributed by atoms with E-state index >= 15 is 0 Å². The zero-order chi connectivity index (χ0) is 14.9. The fraction of sp³-hybridized carbons (Fsp3) is 0.167.